The van der Waals surface area contributed by atoms with Crippen molar-refractivity contribution in [2.45, 2.75) is 52.1 Å². The number of carbonyl (C=O) groups excluding carboxylic acids is 2. The summed E-state index contributed by atoms with van der Waals surface area (Å²) in [6.45, 7) is 7.25. The monoisotopic (exact) mass is 419 g/mol. The number of rotatable bonds is 5. The molecule has 31 heavy (non-hydrogen) atoms. The zero-order valence-corrected chi connectivity index (χ0v) is 18.7. The molecule has 0 bridgehead atoms. The molecule has 2 aliphatic rings. The van der Waals surface area contributed by atoms with Gasteiger partial charge in [0.1, 0.15) is 6.04 Å². The molecule has 0 aliphatic carbocycles. The summed E-state index contributed by atoms with van der Waals surface area (Å²) in [7, 11) is 0. The summed E-state index contributed by atoms with van der Waals surface area (Å²) >= 11 is 0. The van der Waals surface area contributed by atoms with Crippen LogP contribution in [-0.4, -0.2) is 47.8 Å². The average Bonchev–Trinajstić information content (AvgIpc) is 2.79. The van der Waals surface area contributed by atoms with Crippen LogP contribution in [0.2, 0.25) is 0 Å². The summed E-state index contributed by atoms with van der Waals surface area (Å²) in [5, 5.41) is 3.07. The predicted molar refractivity (Wildman–Crippen MR) is 123 cm³/mol. The Labute approximate surface area is 185 Å². The van der Waals surface area contributed by atoms with Gasteiger partial charge in [-0.25, -0.2) is 0 Å². The van der Waals surface area contributed by atoms with Crippen molar-refractivity contribution in [3.8, 4) is 0 Å². The van der Waals surface area contributed by atoms with E-state index in [1.165, 1.54) is 23.1 Å². The molecule has 0 aromatic heterocycles. The Hall–Kier alpha value is -2.66. The van der Waals surface area contributed by atoms with Crippen LogP contribution in [0, 0.1) is 13.8 Å². The van der Waals surface area contributed by atoms with Crippen LogP contribution in [0.3, 0.4) is 0 Å². The minimum Gasteiger partial charge on any atom is -0.351 e. The first-order valence-corrected chi connectivity index (χ1v) is 11.5. The quantitative estimate of drug-likeness (QED) is 0.807. The van der Waals surface area contributed by atoms with Crippen molar-refractivity contribution in [3.05, 3.63) is 70.3 Å². The van der Waals surface area contributed by atoms with Crippen LogP contribution in [0.25, 0.3) is 0 Å². The lowest BCUT2D eigenvalue weighted by Crippen LogP contribution is -2.50. The lowest BCUT2D eigenvalue weighted by molar-refractivity contribution is -0.139. The van der Waals surface area contributed by atoms with E-state index in [1.54, 1.807) is 0 Å². The highest BCUT2D eigenvalue weighted by atomic mass is 16.2. The van der Waals surface area contributed by atoms with Crippen molar-refractivity contribution in [3.63, 3.8) is 0 Å². The molecule has 2 heterocycles. The maximum absolute atomic E-state index is 13.5. The third kappa shape index (κ3) is 4.99. The van der Waals surface area contributed by atoms with E-state index in [-0.39, 0.29) is 24.4 Å². The van der Waals surface area contributed by atoms with Gasteiger partial charge >= 0.3 is 0 Å². The van der Waals surface area contributed by atoms with Crippen molar-refractivity contribution in [1.29, 1.82) is 0 Å². The van der Waals surface area contributed by atoms with Crippen molar-refractivity contribution in [2.75, 3.05) is 26.2 Å². The second-order valence-electron chi connectivity index (χ2n) is 8.91. The van der Waals surface area contributed by atoms with Crippen molar-refractivity contribution < 1.29 is 9.59 Å². The van der Waals surface area contributed by atoms with Gasteiger partial charge in [-0.05, 0) is 61.8 Å². The van der Waals surface area contributed by atoms with Crippen molar-refractivity contribution in [1.82, 2.24) is 15.1 Å². The molecule has 164 valence electrons. The average molecular weight is 420 g/mol. The normalized spacial score (nSPS) is 19.0. The lowest BCUT2D eigenvalue weighted by atomic mass is 9.91. The molecule has 2 aromatic rings. The molecule has 1 N–H and O–H groups in total. The van der Waals surface area contributed by atoms with Crippen LogP contribution < -0.4 is 5.32 Å². The molecule has 4 rings (SSSR count). The molecule has 0 unspecified atom stereocenters. The number of hydrogen-bond donors (Lipinski definition) is 1. The number of piperidine rings is 1. The lowest BCUT2D eigenvalue weighted by Gasteiger charge is -2.39. The number of carbonyl (C=O) groups is 2. The Kier molecular flexibility index (Phi) is 6.71. The summed E-state index contributed by atoms with van der Waals surface area (Å²) in [6.07, 6.45) is 4.19. The Bertz CT molecular complexity index is 949. The molecule has 5 heteroatoms. The summed E-state index contributed by atoms with van der Waals surface area (Å²) < 4.78 is 0. The minimum atomic E-state index is -0.366. The predicted octanol–water partition coefficient (Wildman–Crippen LogP) is 3.53. The van der Waals surface area contributed by atoms with Crippen molar-refractivity contribution in [2.24, 2.45) is 0 Å². The van der Waals surface area contributed by atoms with Crippen LogP contribution in [0.4, 0.5) is 0 Å². The SMILES string of the molecule is Cc1ccc(C)c(CNC(=O)CN2CCc3ccccc3[C@H]2C(=O)N2CCCCC2)c1. The van der Waals surface area contributed by atoms with Gasteiger partial charge < -0.3 is 10.2 Å². The summed E-state index contributed by atoms with van der Waals surface area (Å²) in [4.78, 5) is 30.4. The number of nitrogens with one attached hydrogen (secondary N) is 1. The van der Waals surface area contributed by atoms with E-state index >= 15 is 0 Å². The van der Waals surface area contributed by atoms with Gasteiger partial charge in [0, 0.05) is 26.2 Å². The summed E-state index contributed by atoms with van der Waals surface area (Å²) in [6, 6.07) is 14.1. The molecule has 2 aliphatic heterocycles. The summed E-state index contributed by atoms with van der Waals surface area (Å²) in [5.41, 5.74) is 5.79. The second kappa shape index (κ2) is 9.65. The molecular formula is C26H33N3O2. The van der Waals surface area contributed by atoms with Gasteiger partial charge in [0.25, 0.3) is 0 Å². The first-order valence-electron chi connectivity index (χ1n) is 11.5. The van der Waals surface area contributed by atoms with Gasteiger partial charge in [-0.3, -0.25) is 14.5 Å². The minimum absolute atomic E-state index is 0.0308. The molecule has 0 saturated carbocycles. The molecule has 1 fully saturated rings. The van der Waals surface area contributed by atoms with Gasteiger partial charge in [-0.1, -0.05) is 48.0 Å². The smallest absolute Gasteiger partial charge is 0.244 e. The molecule has 2 amide bonds. The highest BCUT2D eigenvalue weighted by Gasteiger charge is 2.36. The number of aryl methyl sites for hydroxylation is 2. The molecule has 1 saturated heterocycles. The molecule has 2 aromatic carbocycles. The van der Waals surface area contributed by atoms with Crippen LogP contribution in [0.1, 0.15) is 53.1 Å². The Balaban J connectivity index is 1.48. The maximum Gasteiger partial charge on any atom is 0.244 e. The highest BCUT2D eigenvalue weighted by molar-refractivity contribution is 5.85. The van der Waals surface area contributed by atoms with E-state index in [1.807, 2.05) is 17.0 Å². The second-order valence-corrected chi connectivity index (χ2v) is 8.91. The summed E-state index contributed by atoms with van der Waals surface area (Å²) in [5.74, 6) is 0.117. The zero-order chi connectivity index (χ0) is 21.8. The number of nitrogens with zero attached hydrogens (tertiary/aromatic N) is 2. The third-order valence-electron chi connectivity index (χ3n) is 6.61. The largest absolute Gasteiger partial charge is 0.351 e. The van der Waals surface area contributed by atoms with Gasteiger partial charge in [-0.15, -0.1) is 0 Å². The Morgan fingerprint density at radius 2 is 1.77 bits per heavy atom. The number of likely N-dealkylation sites (tertiary alicyclic amines) is 1. The van der Waals surface area contributed by atoms with Gasteiger partial charge in [-0.2, -0.15) is 0 Å². The standard InChI is InChI=1S/C26H33N3O2/c1-19-10-11-20(2)22(16-19)17-27-24(30)18-29-15-12-21-8-4-5-9-23(21)25(29)26(31)28-13-6-3-7-14-28/h4-5,8-11,16,25H,3,6-7,12-15,17-18H2,1-2H3,(H,27,30)/t25-/m0/s1. The Morgan fingerprint density at radius 1 is 1.00 bits per heavy atom. The maximum atomic E-state index is 13.5. The Morgan fingerprint density at radius 3 is 2.58 bits per heavy atom. The number of amides is 2. The van der Waals surface area contributed by atoms with Gasteiger partial charge in [0.15, 0.2) is 0 Å². The fourth-order valence-electron chi connectivity index (χ4n) is 4.79. The van der Waals surface area contributed by atoms with E-state index in [4.69, 9.17) is 0 Å². The molecule has 1 atom stereocenters. The highest BCUT2D eigenvalue weighted by Crippen LogP contribution is 2.32. The van der Waals surface area contributed by atoms with E-state index in [0.29, 0.717) is 6.54 Å². The fraction of sp³-hybridized carbons (Fsp3) is 0.462. The first-order chi connectivity index (χ1) is 15.0. The van der Waals surface area contributed by atoms with E-state index in [2.05, 4.69) is 54.4 Å². The topological polar surface area (TPSA) is 52.7 Å². The molecular weight excluding hydrogens is 386 g/mol. The number of fused-ring (bicyclic) bond motifs is 1. The molecule has 0 radical (unpaired) electrons. The van der Waals surface area contributed by atoms with E-state index < -0.39 is 0 Å². The molecule has 5 nitrogen and oxygen atoms in total. The third-order valence-corrected chi connectivity index (χ3v) is 6.61. The fourth-order valence-corrected chi connectivity index (χ4v) is 4.79. The van der Waals surface area contributed by atoms with E-state index in [9.17, 15) is 9.59 Å². The van der Waals surface area contributed by atoms with Crippen LogP contribution in [0.15, 0.2) is 42.5 Å². The molecule has 0 spiro atoms. The van der Waals surface area contributed by atoms with Gasteiger partial charge in [0.2, 0.25) is 11.8 Å². The van der Waals surface area contributed by atoms with Crippen LogP contribution >= 0.6 is 0 Å². The number of hydrogen-bond acceptors (Lipinski definition) is 3. The van der Waals surface area contributed by atoms with Gasteiger partial charge in [0.05, 0.1) is 6.54 Å². The van der Waals surface area contributed by atoms with Crippen LogP contribution in [0.5, 0.6) is 0 Å². The number of benzene rings is 2. The van der Waals surface area contributed by atoms with E-state index in [0.717, 1.165) is 50.0 Å². The van der Waals surface area contributed by atoms with Crippen LogP contribution in [-0.2, 0) is 22.6 Å². The van der Waals surface area contributed by atoms with Crippen molar-refractivity contribution >= 4 is 11.8 Å². The first kappa shape index (κ1) is 21.6. The zero-order valence-electron chi connectivity index (χ0n) is 18.7.